The lowest BCUT2D eigenvalue weighted by Crippen LogP contribution is -2.36. The lowest BCUT2D eigenvalue weighted by Gasteiger charge is -2.21. The summed E-state index contributed by atoms with van der Waals surface area (Å²) in [6, 6.07) is 0.0651. The van der Waals surface area contributed by atoms with Crippen molar-refractivity contribution in [2.24, 2.45) is 0 Å². The Kier molecular flexibility index (Phi) is 4.65. The minimum atomic E-state index is -1.28. The second-order valence-corrected chi connectivity index (χ2v) is 4.89. The fraction of sp³-hybridized carbons (Fsp3) is 0.500. The molecule has 0 bridgehead atoms. The standard InChI is InChI=1S/C14H16F3NO2/c1-20-14(19)13(18-8-4-2-3-5-8)9-6-11(16)12(17)7-10(9)15/h6-8,13,18H,2-5H2,1H3. The smallest absolute Gasteiger partial charge is 0.327 e. The molecule has 1 unspecified atom stereocenters. The third kappa shape index (κ3) is 3.12. The lowest BCUT2D eigenvalue weighted by molar-refractivity contribution is -0.143. The van der Waals surface area contributed by atoms with E-state index in [1.807, 2.05) is 0 Å². The summed E-state index contributed by atoms with van der Waals surface area (Å²) in [4.78, 5) is 11.8. The highest BCUT2D eigenvalue weighted by Gasteiger charge is 2.29. The first kappa shape index (κ1) is 14.8. The van der Waals surface area contributed by atoms with Gasteiger partial charge in [-0.1, -0.05) is 12.8 Å². The van der Waals surface area contributed by atoms with Crippen LogP contribution >= 0.6 is 0 Å². The minimum Gasteiger partial charge on any atom is -0.468 e. The molecule has 1 aliphatic rings. The predicted octanol–water partition coefficient (Wildman–Crippen LogP) is 2.85. The molecular formula is C14H16F3NO2. The van der Waals surface area contributed by atoms with Crippen LogP contribution in [0.3, 0.4) is 0 Å². The summed E-state index contributed by atoms with van der Waals surface area (Å²) in [6.07, 6.45) is 3.76. The van der Waals surface area contributed by atoms with E-state index in [2.05, 4.69) is 10.1 Å². The van der Waals surface area contributed by atoms with Crippen LogP contribution in [0, 0.1) is 17.5 Å². The fourth-order valence-corrected chi connectivity index (χ4v) is 2.49. The number of methoxy groups -OCH3 is 1. The molecule has 110 valence electrons. The number of benzene rings is 1. The third-order valence-electron chi connectivity index (χ3n) is 3.55. The van der Waals surface area contributed by atoms with Crippen LogP contribution in [0.5, 0.6) is 0 Å². The van der Waals surface area contributed by atoms with Gasteiger partial charge in [0.25, 0.3) is 0 Å². The van der Waals surface area contributed by atoms with Gasteiger partial charge in [-0.3, -0.25) is 5.32 Å². The molecule has 0 spiro atoms. The normalized spacial score (nSPS) is 17.2. The van der Waals surface area contributed by atoms with E-state index in [1.165, 1.54) is 7.11 Å². The number of esters is 1. The maximum Gasteiger partial charge on any atom is 0.327 e. The van der Waals surface area contributed by atoms with E-state index in [0.29, 0.717) is 12.1 Å². The molecule has 1 fully saturated rings. The summed E-state index contributed by atoms with van der Waals surface area (Å²) >= 11 is 0. The lowest BCUT2D eigenvalue weighted by atomic mass is 10.0. The van der Waals surface area contributed by atoms with Crippen LogP contribution < -0.4 is 5.32 Å². The Morgan fingerprint density at radius 3 is 2.40 bits per heavy atom. The molecule has 0 amide bonds. The van der Waals surface area contributed by atoms with Crippen molar-refractivity contribution in [3.05, 3.63) is 35.1 Å². The van der Waals surface area contributed by atoms with E-state index < -0.39 is 29.5 Å². The third-order valence-corrected chi connectivity index (χ3v) is 3.55. The van der Waals surface area contributed by atoms with Crippen LogP contribution in [0.4, 0.5) is 13.2 Å². The second kappa shape index (κ2) is 6.26. The van der Waals surface area contributed by atoms with Crippen LogP contribution in [0.15, 0.2) is 12.1 Å². The molecule has 1 N–H and O–H groups in total. The molecule has 1 atom stereocenters. The summed E-state index contributed by atoms with van der Waals surface area (Å²) in [5, 5.41) is 2.97. The number of hydrogen-bond acceptors (Lipinski definition) is 3. The summed E-state index contributed by atoms with van der Waals surface area (Å²) in [6.45, 7) is 0. The van der Waals surface area contributed by atoms with Gasteiger partial charge >= 0.3 is 5.97 Å². The zero-order chi connectivity index (χ0) is 14.7. The molecule has 2 rings (SSSR count). The average molecular weight is 287 g/mol. The maximum atomic E-state index is 13.8. The van der Waals surface area contributed by atoms with Crippen LogP contribution in [0.1, 0.15) is 37.3 Å². The fourth-order valence-electron chi connectivity index (χ4n) is 2.49. The molecule has 3 nitrogen and oxygen atoms in total. The van der Waals surface area contributed by atoms with E-state index in [4.69, 9.17) is 0 Å². The van der Waals surface area contributed by atoms with Crippen molar-refractivity contribution < 1.29 is 22.7 Å². The summed E-state index contributed by atoms with van der Waals surface area (Å²) in [5.41, 5.74) is -0.234. The van der Waals surface area contributed by atoms with Crippen LogP contribution in [0.25, 0.3) is 0 Å². The van der Waals surface area contributed by atoms with Gasteiger partial charge in [-0.2, -0.15) is 0 Å². The zero-order valence-corrected chi connectivity index (χ0v) is 11.1. The number of nitrogens with one attached hydrogen (secondary N) is 1. The molecule has 1 aliphatic carbocycles. The highest BCUT2D eigenvalue weighted by Crippen LogP contribution is 2.26. The van der Waals surface area contributed by atoms with E-state index in [1.54, 1.807) is 0 Å². The van der Waals surface area contributed by atoms with Gasteiger partial charge in [0.1, 0.15) is 11.9 Å². The van der Waals surface area contributed by atoms with Crippen LogP contribution in [-0.4, -0.2) is 19.1 Å². The summed E-state index contributed by atoms with van der Waals surface area (Å²) in [7, 11) is 1.17. The van der Waals surface area contributed by atoms with Gasteiger partial charge in [-0.25, -0.2) is 18.0 Å². The quantitative estimate of drug-likeness (QED) is 0.683. The van der Waals surface area contributed by atoms with Gasteiger partial charge in [0.15, 0.2) is 11.6 Å². The number of hydrogen-bond donors (Lipinski definition) is 1. The topological polar surface area (TPSA) is 38.3 Å². The molecule has 1 aromatic carbocycles. The largest absolute Gasteiger partial charge is 0.468 e. The Morgan fingerprint density at radius 2 is 1.80 bits per heavy atom. The van der Waals surface area contributed by atoms with Crippen molar-refractivity contribution in [2.45, 2.75) is 37.8 Å². The van der Waals surface area contributed by atoms with Crippen molar-refractivity contribution in [2.75, 3.05) is 7.11 Å². The number of ether oxygens (including phenoxy) is 1. The summed E-state index contributed by atoms with van der Waals surface area (Å²) < 4.78 is 44.7. The molecule has 6 heteroatoms. The van der Waals surface area contributed by atoms with Crippen molar-refractivity contribution in [3.8, 4) is 0 Å². The van der Waals surface area contributed by atoms with Crippen molar-refractivity contribution in [3.63, 3.8) is 0 Å². The molecule has 0 aromatic heterocycles. The Morgan fingerprint density at radius 1 is 1.20 bits per heavy atom. The second-order valence-electron chi connectivity index (χ2n) is 4.89. The van der Waals surface area contributed by atoms with Gasteiger partial charge in [0, 0.05) is 17.7 Å². The number of carbonyl (C=O) groups excluding carboxylic acids is 1. The average Bonchev–Trinajstić information content (AvgIpc) is 2.93. The Balaban J connectivity index is 2.30. The first-order chi connectivity index (χ1) is 9.52. The maximum absolute atomic E-state index is 13.8. The molecule has 1 aromatic rings. The van der Waals surface area contributed by atoms with Crippen LogP contribution in [-0.2, 0) is 9.53 Å². The molecule has 0 heterocycles. The molecule has 20 heavy (non-hydrogen) atoms. The predicted molar refractivity (Wildman–Crippen MR) is 66.5 cm³/mol. The number of carbonyl (C=O) groups is 1. The zero-order valence-electron chi connectivity index (χ0n) is 11.1. The van der Waals surface area contributed by atoms with E-state index in [-0.39, 0.29) is 11.6 Å². The first-order valence-electron chi connectivity index (χ1n) is 6.51. The number of halogens is 3. The van der Waals surface area contributed by atoms with Gasteiger partial charge in [0.2, 0.25) is 0 Å². The van der Waals surface area contributed by atoms with Gasteiger partial charge in [-0.05, 0) is 18.9 Å². The van der Waals surface area contributed by atoms with Gasteiger partial charge in [-0.15, -0.1) is 0 Å². The molecule has 0 radical (unpaired) electrons. The van der Waals surface area contributed by atoms with E-state index in [9.17, 15) is 18.0 Å². The Labute approximate surface area is 115 Å². The molecule has 0 saturated heterocycles. The highest BCUT2D eigenvalue weighted by atomic mass is 19.2. The SMILES string of the molecule is COC(=O)C(NC1CCCC1)c1cc(F)c(F)cc1F. The Hall–Kier alpha value is -1.56. The van der Waals surface area contributed by atoms with Crippen molar-refractivity contribution >= 4 is 5.97 Å². The van der Waals surface area contributed by atoms with Gasteiger partial charge < -0.3 is 4.74 Å². The molecule has 0 aliphatic heterocycles. The molecule has 1 saturated carbocycles. The van der Waals surface area contributed by atoms with E-state index in [0.717, 1.165) is 25.7 Å². The van der Waals surface area contributed by atoms with Gasteiger partial charge in [0.05, 0.1) is 7.11 Å². The Bertz CT molecular complexity index is 501. The van der Waals surface area contributed by atoms with E-state index >= 15 is 0 Å². The number of rotatable bonds is 4. The summed E-state index contributed by atoms with van der Waals surface area (Å²) in [5.74, 6) is -4.16. The molecular weight excluding hydrogens is 271 g/mol. The van der Waals surface area contributed by atoms with Crippen molar-refractivity contribution in [1.29, 1.82) is 0 Å². The highest BCUT2D eigenvalue weighted by molar-refractivity contribution is 5.77. The first-order valence-corrected chi connectivity index (χ1v) is 6.51. The minimum absolute atomic E-state index is 0.0478. The van der Waals surface area contributed by atoms with Crippen LogP contribution in [0.2, 0.25) is 0 Å². The monoisotopic (exact) mass is 287 g/mol. The van der Waals surface area contributed by atoms with Crippen molar-refractivity contribution in [1.82, 2.24) is 5.32 Å².